The van der Waals surface area contributed by atoms with Crippen LogP contribution in [-0.2, 0) is 12.8 Å². The van der Waals surface area contributed by atoms with Crippen molar-refractivity contribution in [3.8, 4) is 11.4 Å². The Morgan fingerprint density at radius 1 is 1.18 bits per heavy atom. The van der Waals surface area contributed by atoms with E-state index in [-0.39, 0.29) is 0 Å². The molecule has 0 saturated carbocycles. The Kier molecular flexibility index (Phi) is 10.4. The molecule has 8 nitrogen and oxygen atoms in total. The Hall–Kier alpha value is -4.07. The fourth-order valence-electron chi connectivity index (χ4n) is 2.95. The van der Waals surface area contributed by atoms with Gasteiger partial charge in [-0.05, 0) is 56.0 Å². The average Bonchev–Trinajstić information content (AvgIpc) is 2.81. The minimum atomic E-state index is 0.361. The summed E-state index contributed by atoms with van der Waals surface area (Å²) in [5, 5.41) is 22.2. The van der Waals surface area contributed by atoms with E-state index < -0.39 is 0 Å². The smallest absolute Gasteiger partial charge is 0.159 e. The molecule has 0 aliphatic carbocycles. The van der Waals surface area contributed by atoms with Crippen LogP contribution in [0.25, 0.3) is 11.4 Å². The highest BCUT2D eigenvalue weighted by molar-refractivity contribution is 6.01. The Bertz CT molecular complexity index is 1090. The molecule has 1 aromatic carbocycles. The molecule has 6 N–H and O–H groups in total. The van der Waals surface area contributed by atoms with Crippen molar-refractivity contribution >= 4 is 17.3 Å². The second-order valence-electron chi connectivity index (χ2n) is 7.94. The summed E-state index contributed by atoms with van der Waals surface area (Å²) >= 11 is 0. The molecule has 0 fully saturated rings. The molecular formula is C26H34N8. The van der Waals surface area contributed by atoms with Gasteiger partial charge in [0, 0.05) is 61.2 Å². The van der Waals surface area contributed by atoms with Crippen molar-refractivity contribution in [2.75, 3.05) is 6.54 Å². The first kappa shape index (κ1) is 26.2. The molecule has 0 bridgehead atoms. The van der Waals surface area contributed by atoms with E-state index in [4.69, 9.17) is 16.6 Å². The minimum absolute atomic E-state index is 0.361. The maximum Gasteiger partial charge on any atom is 0.159 e. The van der Waals surface area contributed by atoms with E-state index in [9.17, 15) is 0 Å². The number of nitrogens with zero attached hydrogens (tertiary/aromatic N) is 3. The molecule has 2 aromatic rings. The van der Waals surface area contributed by atoms with Crippen LogP contribution in [0.4, 0.5) is 0 Å². The van der Waals surface area contributed by atoms with Gasteiger partial charge >= 0.3 is 0 Å². The second kappa shape index (κ2) is 13.5. The predicted octanol–water partition coefficient (Wildman–Crippen LogP) is 4.12. The number of rotatable bonds is 12. The van der Waals surface area contributed by atoms with Gasteiger partial charge in [-0.15, -0.1) is 0 Å². The van der Waals surface area contributed by atoms with E-state index in [1.54, 1.807) is 30.9 Å². The first-order chi connectivity index (χ1) is 16.3. The number of nitrogens with one attached hydrogen (secondary N) is 4. The number of amidine groups is 1. The third kappa shape index (κ3) is 9.20. The van der Waals surface area contributed by atoms with Crippen LogP contribution in [-0.4, -0.2) is 33.8 Å². The lowest BCUT2D eigenvalue weighted by Gasteiger charge is -2.08. The fraction of sp³-hybridized carbons (Fsp3) is 0.269. The molecule has 0 spiro atoms. The lowest BCUT2D eigenvalue weighted by Crippen LogP contribution is -2.18. The first-order valence-corrected chi connectivity index (χ1v) is 11.2. The topological polar surface area (TPSA) is 136 Å². The molecule has 0 saturated heterocycles. The summed E-state index contributed by atoms with van der Waals surface area (Å²) in [5.74, 6) is 1.47. The Labute approximate surface area is 201 Å². The number of benzene rings is 1. The highest BCUT2D eigenvalue weighted by Crippen LogP contribution is 2.18. The van der Waals surface area contributed by atoms with E-state index in [0.29, 0.717) is 48.0 Å². The van der Waals surface area contributed by atoms with Crippen molar-refractivity contribution in [1.29, 1.82) is 10.8 Å². The van der Waals surface area contributed by atoms with Gasteiger partial charge in [-0.3, -0.25) is 5.41 Å². The predicted molar refractivity (Wildman–Crippen MR) is 141 cm³/mol. The summed E-state index contributed by atoms with van der Waals surface area (Å²) in [6.45, 7) is 10.5. The largest absolute Gasteiger partial charge is 0.388 e. The zero-order valence-electron chi connectivity index (χ0n) is 20.2. The van der Waals surface area contributed by atoms with Gasteiger partial charge < -0.3 is 21.8 Å². The van der Waals surface area contributed by atoms with Gasteiger partial charge in [0.1, 0.15) is 11.7 Å². The Balaban J connectivity index is 1.96. The van der Waals surface area contributed by atoms with E-state index >= 15 is 0 Å². The lowest BCUT2D eigenvalue weighted by atomic mass is 10.0. The fourth-order valence-corrected chi connectivity index (χ4v) is 2.95. The molecule has 1 heterocycles. The van der Waals surface area contributed by atoms with Crippen LogP contribution < -0.4 is 16.4 Å². The highest BCUT2D eigenvalue weighted by Gasteiger charge is 2.07. The van der Waals surface area contributed by atoms with Gasteiger partial charge in [-0.1, -0.05) is 24.8 Å². The van der Waals surface area contributed by atoms with Crippen molar-refractivity contribution in [1.82, 2.24) is 20.6 Å². The van der Waals surface area contributed by atoms with Crippen molar-refractivity contribution in [2.24, 2.45) is 10.7 Å². The Morgan fingerprint density at radius 3 is 2.59 bits per heavy atom. The van der Waals surface area contributed by atoms with E-state index in [2.05, 4.69) is 32.2 Å². The quantitative estimate of drug-likeness (QED) is 0.185. The van der Waals surface area contributed by atoms with Crippen LogP contribution >= 0.6 is 0 Å². The molecule has 2 rings (SSSR count). The monoisotopic (exact) mass is 458 g/mol. The van der Waals surface area contributed by atoms with Crippen LogP contribution in [0.3, 0.4) is 0 Å². The first-order valence-electron chi connectivity index (χ1n) is 11.2. The SMILES string of the molecule is C=C(/C=C\N/C(N)=C/NCC)C(=N)Cc1cccc(-c2ncc(CCC(=N)N=C(C)C)cn2)c1. The summed E-state index contributed by atoms with van der Waals surface area (Å²) in [7, 11) is 0. The van der Waals surface area contributed by atoms with Gasteiger partial charge in [0.15, 0.2) is 5.82 Å². The van der Waals surface area contributed by atoms with Crippen molar-refractivity contribution in [3.63, 3.8) is 0 Å². The van der Waals surface area contributed by atoms with Crippen LogP contribution in [0.2, 0.25) is 0 Å². The zero-order valence-corrected chi connectivity index (χ0v) is 20.2. The number of aryl methyl sites for hydroxylation is 1. The Morgan fingerprint density at radius 2 is 1.91 bits per heavy atom. The molecule has 34 heavy (non-hydrogen) atoms. The summed E-state index contributed by atoms with van der Waals surface area (Å²) < 4.78 is 0. The maximum absolute atomic E-state index is 8.36. The standard InChI is InChI=1S/C26H34N8/c1-5-30-17-25(29)31-12-11-19(4)23(27)14-20-7-6-8-22(13-20)26-32-15-21(16-33-26)9-10-24(28)34-18(2)3/h6-8,11-13,15-17,27-28,30-31H,4-5,9-10,14,29H2,1-3H3/b12-11-,25-17+,27-23?,28-24?. The normalized spacial score (nSPS) is 11.2. The minimum Gasteiger partial charge on any atom is -0.388 e. The molecular weight excluding hydrogens is 424 g/mol. The van der Waals surface area contributed by atoms with Gasteiger partial charge in [-0.2, -0.15) is 0 Å². The molecule has 0 aliphatic rings. The van der Waals surface area contributed by atoms with Gasteiger partial charge in [0.05, 0.1) is 0 Å². The van der Waals surface area contributed by atoms with E-state index in [1.807, 2.05) is 45.0 Å². The van der Waals surface area contributed by atoms with Crippen LogP contribution in [0, 0.1) is 10.8 Å². The third-order valence-corrected chi connectivity index (χ3v) is 4.66. The third-order valence-electron chi connectivity index (χ3n) is 4.66. The maximum atomic E-state index is 8.36. The number of nitrogens with two attached hydrogens (primary N) is 1. The van der Waals surface area contributed by atoms with Crippen molar-refractivity contribution in [3.05, 3.63) is 84.2 Å². The summed E-state index contributed by atoms with van der Waals surface area (Å²) in [5.41, 5.74) is 10.5. The van der Waals surface area contributed by atoms with Crippen LogP contribution in [0.5, 0.6) is 0 Å². The number of allylic oxidation sites excluding steroid dienone is 2. The molecule has 8 heteroatoms. The molecule has 178 valence electrons. The highest BCUT2D eigenvalue weighted by atomic mass is 15.0. The van der Waals surface area contributed by atoms with E-state index in [1.165, 1.54) is 0 Å². The van der Waals surface area contributed by atoms with Gasteiger partial charge in [0.25, 0.3) is 0 Å². The van der Waals surface area contributed by atoms with E-state index in [0.717, 1.165) is 28.9 Å². The molecule has 0 atom stereocenters. The second-order valence-corrected chi connectivity index (χ2v) is 7.94. The number of hydrogen-bond donors (Lipinski definition) is 5. The van der Waals surface area contributed by atoms with Crippen molar-refractivity contribution < 1.29 is 0 Å². The van der Waals surface area contributed by atoms with Crippen LogP contribution in [0.15, 0.2) is 78.1 Å². The molecule has 0 radical (unpaired) electrons. The number of aromatic nitrogens is 2. The average molecular weight is 459 g/mol. The molecule has 1 aromatic heterocycles. The summed E-state index contributed by atoms with van der Waals surface area (Å²) in [6.07, 6.45) is 10.3. The summed E-state index contributed by atoms with van der Waals surface area (Å²) in [6, 6.07) is 7.85. The van der Waals surface area contributed by atoms with Gasteiger partial charge in [0.2, 0.25) is 0 Å². The lowest BCUT2D eigenvalue weighted by molar-refractivity contribution is 0.878. The van der Waals surface area contributed by atoms with Crippen LogP contribution in [0.1, 0.15) is 38.3 Å². The summed E-state index contributed by atoms with van der Waals surface area (Å²) in [4.78, 5) is 13.1. The number of hydrogen-bond acceptors (Lipinski definition) is 7. The number of aliphatic imine (C=N–C) groups is 1. The molecule has 0 amide bonds. The zero-order chi connectivity index (χ0) is 24.9. The van der Waals surface area contributed by atoms with Crippen molar-refractivity contribution in [2.45, 2.75) is 40.0 Å². The molecule has 0 aliphatic heterocycles. The molecule has 0 unspecified atom stereocenters. The van der Waals surface area contributed by atoms with Gasteiger partial charge in [-0.25, -0.2) is 15.0 Å².